The Hall–Kier alpha value is -2.46. The van der Waals surface area contributed by atoms with Crippen molar-refractivity contribution < 1.29 is 24.4 Å². The van der Waals surface area contributed by atoms with E-state index in [2.05, 4.69) is 21.2 Å². The molecule has 1 heterocycles. The number of anilines is 1. The molecule has 1 aromatic rings. The van der Waals surface area contributed by atoms with Gasteiger partial charge >= 0.3 is 5.97 Å². The van der Waals surface area contributed by atoms with Crippen LogP contribution in [0, 0.1) is 10.1 Å². The number of ether oxygens (including phenoxy) is 1. The van der Waals surface area contributed by atoms with Crippen molar-refractivity contribution in [3.8, 4) is 0 Å². The fourth-order valence-electron chi connectivity index (χ4n) is 2.49. The first-order valence-corrected chi connectivity index (χ1v) is 8.37. The van der Waals surface area contributed by atoms with Crippen LogP contribution in [0.2, 0.25) is 0 Å². The summed E-state index contributed by atoms with van der Waals surface area (Å²) in [5, 5.41) is 23.2. The second kappa shape index (κ2) is 8.08. The number of aliphatic hydroxyl groups excluding tert-OH is 1. The normalized spacial score (nSPS) is 14.0. The first-order chi connectivity index (χ1) is 11.9. The van der Waals surface area contributed by atoms with Crippen LogP contribution >= 0.6 is 15.9 Å². The van der Waals surface area contributed by atoms with E-state index in [1.54, 1.807) is 6.07 Å². The Kier molecular flexibility index (Phi) is 6.10. The summed E-state index contributed by atoms with van der Waals surface area (Å²) in [6.07, 6.45) is 0. The Morgan fingerprint density at radius 3 is 2.80 bits per heavy atom. The summed E-state index contributed by atoms with van der Waals surface area (Å²) in [6, 6.07) is 4.41. The topological polar surface area (TPSA) is 122 Å². The molecule has 0 bridgehead atoms. The van der Waals surface area contributed by atoms with Gasteiger partial charge in [0.15, 0.2) is 0 Å². The summed E-state index contributed by atoms with van der Waals surface area (Å²) in [5.41, 5.74) is 0.662. The lowest BCUT2D eigenvalue weighted by Gasteiger charge is -2.15. The van der Waals surface area contributed by atoms with Crippen LogP contribution in [-0.4, -0.2) is 53.6 Å². The van der Waals surface area contributed by atoms with E-state index in [1.165, 1.54) is 24.1 Å². The first-order valence-electron chi connectivity index (χ1n) is 7.25. The van der Waals surface area contributed by atoms with Gasteiger partial charge in [0.25, 0.3) is 11.6 Å². The van der Waals surface area contributed by atoms with E-state index in [0.717, 1.165) is 0 Å². The van der Waals surface area contributed by atoms with E-state index in [9.17, 15) is 19.7 Å². The minimum atomic E-state index is -0.679. The third-order valence-corrected chi connectivity index (χ3v) is 4.26. The number of methoxy groups -OCH3 is 1. The Bertz CT molecular complexity index is 749. The molecule has 0 saturated carbocycles. The molecule has 1 aliphatic heterocycles. The second-order valence-corrected chi connectivity index (χ2v) is 5.68. The molecule has 0 radical (unpaired) electrons. The molecule has 0 fully saturated rings. The van der Waals surface area contributed by atoms with Gasteiger partial charge in [0, 0.05) is 23.6 Å². The maximum atomic E-state index is 12.5. The molecule has 1 aromatic carbocycles. The Balaban J connectivity index is 2.45. The number of benzene rings is 1. The van der Waals surface area contributed by atoms with Gasteiger partial charge in [-0.15, -0.1) is 0 Å². The van der Waals surface area contributed by atoms with Crippen LogP contribution < -0.4 is 5.32 Å². The Labute approximate surface area is 151 Å². The third-order valence-electron chi connectivity index (χ3n) is 3.69. The number of halogens is 1. The summed E-state index contributed by atoms with van der Waals surface area (Å²) in [6.45, 7) is -0.200. The highest BCUT2D eigenvalue weighted by atomic mass is 79.9. The van der Waals surface area contributed by atoms with Gasteiger partial charge in [-0.3, -0.25) is 14.9 Å². The van der Waals surface area contributed by atoms with Crippen molar-refractivity contribution in [2.75, 3.05) is 32.1 Å². The molecular formula is C15H16BrN3O6. The minimum Gasteiger partial charge on any atom is -0.466 e. The third kappa shape index (κ3) is 3.80. The average molecular weight is 414 g/mol. The Morgan fingerprint density at radius 1 is 1.52 bits per heavy atom. The van der Waals surface area contributed by atoms with Crippen LogP contribution in [0.5, 0.6) is 0 Å². The highest BCUT2D eigenvalue weighted by Crippen LogP contribution is 2.31. The molecule has 1 aliphatic rings. The van der Waals surface area contributed by atoms with Crippen molar-refractivity contribution in [2.45, 2.75) is 5.33 Å². The van der Waals surface area contributed by atoms with Crippen LogP contribution in [0.4, 0.5) is 11.4 Å². The van der Waals surface area contributed by atoms with Crippen LogP contribution in [0.3, 0.4) is 0 Å². The first kappa shape index (κ1) is 18.9. The lowest BCUT2D eigenvalue weighted by molar-refractivity contribution is -0.385. The predicted molar refractivity (Wildman–Crippen MR) is 92.1 cm³/mol. The van der Waals surface area contributed by atoms with Gasteiger partial charge in [-0.1, -0.05) is 22.0 Å². The zero-order valence-corrected chi connectivity index (χ0v) is 14.9. The van der Waals surface area contributed by atoms with E-state index in [1.807, 2.05) is 0 Å². The lowest BCUT2D eigenvalue weighted by Crippen LogP contribution is -2.31. The molecule has 9 nitrogen and oxygen atoms in total. The molecule has 2 N–H and O–H groups in total. The second-order valence-electron chi connectivity index (χ2n) is 5.11. The van der Waals surface area contributed by atoms with Crippen LogP contribution in [-0.2, 0) is 19.7 Å². The minimum absolute atomic E-state index is 0.00697. The SMILES string of the molecule is COC(=O)C1=C(Nc2cccc([N+](=O)[O-])c2CBr)C(=O)N(CCO)C1. The molecule has 0 aromatic heterocycles. The number of nitrogens with one attached hydrogen (secondary N) is 1. The van der Waals surface area contributed by atoms with Crippen molar-refractivity contribution in [1.82, 2.24) is 4.90 Å². The van der Waals surface area contributed by atoms with Crippen LogP contribution in [0.1, 0.15) is 5.56 Å². The number of nitrogens with zero attached hydrogens (tertiary/aromatic N) is 2. The zero-order chi connectivity index (χ0) is 18.6. The smallest absolute Gasteiger partial charge is 0.337 e. The number of alkyl halides is 1. The maximum absolute atomic E-state index is 12.5. The van der Waals surface area contributed by atoms with Crippen molar-refractivity contribution in [1.29, 1.82) is 0 Å². The van der Waals surface area contributed by atoms with Crippen LogP contribution in [0.15, 0.2) is 29.5 Å². The largest absolute Gasteiger partial charge is 0.466 e. The van der Waals surface area contributed by atoms with Crippen molar-refractivity contribution in [2.24, 2.45) is 0 Å². The summed E-state index contributed by atoms with van der Waals surface area (Å²) < 4.78 is 4.70. The molecule has 0 spiro atoms. The number of amides is 1. The quantitative estimate of drug-likeness (QED) is 0.297. The number of hydrogen-bond donors (Lipinski definition) is 2. The number of hydrogen-bond acceptors (Lipinski definition) is 7. The standard InChI is InChI=1S/C15H16BrN3O6/c1-25-15(22)10-8-18(5-6-20)14(21)13(10)17-11-3-2-4-12(19(23)24)9(11)7-16/h2-4,17,20H,5-8H2,1H3. The fraction of sp³-hybridized carbons (Fsp3) is 0.333. The van der Waals surface area contributed by atoms with E-state index < -0.39 is 16.8 Å². The Morgan fingerprint density at radius 2 is 2.24 bits per heavy atom. The zero-order valence-electron chi connectivity index (χ0n) is 13.3. The maximum Gasteiger partial charge on any atom is 0.337 e. The number of aliphatic hydroxyl groups is 1. The molecule has 0 saturated heterocycles. The van der Waals surface area contributed by atoms with E-state index >= 15 is 0 Å². The van der Waals surface area contributed by atoms with Gasteiger partial charge < -0.3 is 20.1 Å². The number of β-amino-alcohol motifs (C(OH)–C–C–N with tert-alkyl or cyclic N) is 1. The van der Waals surface area contributed by atoms with Crippen molar-refractivity contribution in [3.63, 3.8) is 0 Å². The number of rotatable bonds is 7. The van der Waals surface area contributed by atoms with E-state index in [-0.39, 0.29) is 42.0 Å². The number of carbonyl (C=O) groups is 2. The van der Waals surface area contributed by atoms with Gasteiger partial charge in [-0.05, 0) is 6.07 Å². The summed E-state index contributed by atoms with van der Waals surface area (Å²) in [7, 11) is 1.20. The fourth-order valence-corrected chi connectivity index (χ4v) is 3.08. The predicted octanol–water partition coefficient (Wildman–Crippen LogP) is 1.16. The highest BCUT2D eigenvalue weighted by molar-refractivity contribution is 9.08. The highest BCUT2D eigenvalue weighted by Gasteiger charge is 2.35. The van der Waals surface area contributed by atoms with Gasteiger partial charge in [-0.25, -0.2) is 4.79 Å². The number of esters is 1. The molecule has 10 heteroatoms. The average Bonchev–Trinajstić information content (AvgIpc) is 2.90. The van der Waals surface area contributed by atoms with Gasteiger partial charge in [-0.2, -0.15) is 0 Å². The molecule has 2 rings (SSSR count). The molecule has 1 amide bonds. The molecule has 0 atom stereocenters. The number of nitro groups is 1. The summed E-state index contributed by atoms with van der Waals surface area (Å²) in [4.78, 5) is 36.4. The molecule has 134 valence electrons. The number of nitro benzene ring substituents is 1. The van der Waals surface area contributed by atoms with Gasteiger partial charge in [0.05, 0.1) is 36.3 Å². The molecular weight excluding hydrogens is 398 g/mol. The van der Waals surface area contributed by atoms with Gasteiger partial charge in [0.2, 0.25) is 0 Å². The number of carbonyl (C=O) groups excluding carboxylic acids is 2. The summed E-state index contributed by atoms with van der Waals surface area (Å²) >= 11 is 3.21. The van der Waals surface area contributed by atoms with Crippen molar-refractivity contribution in [3.05, 3.63) is 45.1 Å². The van der Waals surface area contributed by atoms with Crippen molar-refractivity contribution >= 4 is 39.2 Å². The monoisotopic (exact) mass is 413 g/mol. The lowest BCUT2D eigenvalue weighted by atomic mass is 10.1. The van der Waals surface area contributed by atoms with Crippen LogP contribution in [0.25, 0.3) is 0 Å². The molecule has 25 heavy (non-hydrogen) atoms. The molecule has 0 aliphatic carbocycles. The van der Waals surface area contributed by atoms with Gasteiger partial charge in [0.1, 0.15) is 5.70 Å². The summed E-state index contributed by atoms with van der Waals surface area (Å²) in [5.74, 6) is -1.16. The molecule has 0 unspecified atom stereocenters. The van der Waals surface area contributed by atoms with E-state index in [0.29, 0.717) is 11.3 Å². The van der Waals surface area contributed by atoms with E-state index in [4.69, 9.17) is 9.84 Å².